The molecule has 0 N–H and O–H groups in total. The lowest BCUT2D eigenvalue weighted by molar-refractivity contribution is 0.0971. The number of fused-ring (bicyclic) bond motifs is 4. The number of rotatable bonds is 5. The second-order valence-corrected chi connectivity index (χ2v) is 9.72. The van der Waals surface area contributed by atoms with Crippen LogP contribution in [-0.4, -0.2) is 27.6 Å². The van der Waals surface area contributed by atoms with E-state index in [0.29, 0.717) is 16.2 Å². The highest BCUT2D eigenvalue weighted by molar-refractivity contribution is 6.30. The number of hydrogen-bond acceptors (Lipinski definition) is 3. The SMILES string of the molecule is Cn1c(=NC(=O)OCC2c3ccccc3-c3ccccc32)n(CC(=O)c2ccc(Cl)cc2)c2ccccc21. The fourth-order valence-electron chi connectivity index (χ4n) is 5.24. The molecule has 188 valence electrons. The van der Waals surface area contributed by atoms with Gasteiger partial charge >= 0.3 is 6.09 Å². The number of halogens is 1. The summed E-state index contributed by atoms with van der Waals surface area (Å²) >= 11 is 5.99. The van der Waals surface area contributed by atoms with Crippen molar-refractivity contribution in [2.45, 2.75) is 12.5 Å². The number of carbonyl (C=O) groups is 2. The van der Waals surface area contributed by atoms with Gasteiger partial charge in [0.2, 0.25) is 5.62 Å². The quantitative estimate of drug-likeness (QED) is 0.252. The van der Waals surface area contributed by atoms with Crippen molar-refractivity contribution in [2.75, 3.05) is 6.61 Å². The normalized spacial score (nSPS) is 12.9. The first-order valence-corrected chi connectivity index (χ1v) is 12.7. The van der Waals surface area contributed by atoms with E-state index in [1.165, 1.54) is 0 Å². The summed E-state index contributed by atoms with van der Waals surface area (Å²) in [7, 11) is 1.82. The van der Waals surface area contributed by atoms with E-state index >= 15 is 0 Å². The van der Waals surface area contributed by atoms with Crippen LogP contribution in [0.3, 0.4) is 0 Å². The molecule has 1 heterocycles. The van der Waals surface area contributed by atoms with Crippen LogP contribution in [0.5, 0.6) is 0 Å². The van der Waals surface area contributed by atoms with Crippen LogP contribution in [0.1, 0.15) is 27.4 Å². The number of ether oxygens (including phenoxy) is 1. The zero-order chi connectivity index (χ0) is 26.2. The van der Waals surface area contributed by atoms with Gasteiger partial charge in [-0.15, -0.1) is 4.99 Å². The molecule has 1 amide bonds. The van der Waals surface area contributed by atoms with Gasteiger partial charge in [0.25, 0.3) is 0 Å². The number of aryl methyl sites for hydroxylation is 1. The molecule has 1 aromatic heterocycles. The Hall–Kier alpha value is -4.42. The summed E-state index contributed by atoms with van der Waals surface area (Å²) in [5.41, 5.74) is 7.10. The molecule has 1 aliphatic carbocycles. The van der Waals surface area contributed by atoms with Gasteiger partial charge in [-0.05, 0) is 58.7 Å². The standard InChI is InChI=1S/C31H24ClN3O3/c1-34-27-12-6-7-13-28(27)35(18-29(36)20-14-16-21(32)17-15-20)30(34)33-31(37)38-19-26-24-10-4-2-8-22(24)23-9-3-5-11-25(23)26/h2-17,26H,18-19H2,1H3. The van der Waals surface area contributed by atoms with Gasteiger partial charge in [-0.2, -0.15) is 0 Å². The highest BCUT2D eigenvalue weighted by atomic mass is 35.5. The molecule has 7 heteroatoms. The monoisotopic (exact) mass is 521 g/mol. The van der Waals surface area contributed by atoms with Crippen molar-refractivity contribution >= 4 is 34.5 Å². The van der Waals surface area contributed by atoms with Crippen LogP contribution in [0.4, 0.5) is 4.79 Å². The third kappa shape index (κ3) is 4.23. The second kappa shape index (κ2) is 9.80. The van der Waals surface area contributed by atoms with E-state index in [1.807, 2.05) is 55.6 Å². The van der Waals surface area contributed by atoms with Crippen LogP contribution < -0.4 is 5.62 Å². The van der Waals surface area contributed by atoms with E-state index in [2.05, 4.69) is 29.3 Å². The molecular weight excluding hydrogens is 498 g/mol. The molecule has 0 saturated carbocycles. The molecule has 0 saturated heterocycles. The number of carbonyl (C=O) groups excluding carboxylic acids is 2. The van der Waals surface area contributed by atoms with Crippen LogP contribution in [-0.2, 0) is 18.3 Å². The Bertz CT molecular complexity index is 1720. The first kappa shape index (κ1) is 23.9. The number of imidazole rings is 1. The average Bonchev–Trinajstić information content (AvgIpc) is 3.40. The average molecular weight is 522 g/mol. The lowest BCUT2D eigenvalue weighted by atomic mass is 9.98. The number of aromatic nitrogens is 2. The molecule has 1 aliphatic rings. The van der Waals surface area contributed by atoms with Crippen LogP contribution >= 0.6 is 11.6 Å². The second-order valence-electron chi connectivity index (χ2n) is 9.28. The minimum Gasteiger partial charge on any atom is -0.447 e. The number of benzene rings is 4. The maximum absolute atomic E-state index is 13.1. The van der Waals surface area contributed by atoms with Crippen molar-refractivity contribution < 1.29 is 14.3 Å². The number of nitrogens with zero attached hydrogens (tertiary/aromatic N) is 3. The Morgan fingerprint density at radius 2 is 1.39 bits per heavy atom. The van der Waals surface area contributed by atoms with Crippen molar-refractivity contribution in [1.82, 2.24) is 9.13 Å². The molecule has 0 unspecified atom stereocenters. The van der Waals surface area contributed by atoms with Gasteiger partial charge in [0.05, 0.1) is 17.6 Å². The Labute approximate surface area is 224 Å². The summed E-state index contributed by atoms with van der Waals surface area (Å²) in [5.74, 6) is -0.181. The highest BCUT2D eigenvalue weighted by Gasteiger charge is 2.29. The van der Waals surface area contributed by atoms with E-state index in [9.17, 15) is 9.59 Å². The minimum atomic E-state index is -0.703. The van der Waals surface area contributed by atoms with Gasteiger partial charge in [-0.3, -0.25) is 4.79 Å². The van der Waals surface area contributed by atoms with E-state index in [4.69, 9.17) is 16.3 Å². The van der Waals surface area contributed by atoms with Gasteiger partial charge in [-0.25, -0.2) is 4.79 Å². The van der Waals surface area contributed by atoms with Gasteiger partial charge < -0.3 is 13.9 Å². The highest BCUT2D eigenvalue weighted by Crippen LogP contribution is 2.44. The van der Waals surface area contributed by atoms with Crippen LogP contribution in [0, 0.1) is 0 Å². The molecule has 0 atom stereocenters. The minimum absolute atomic E-state index is 0.0124. The predicted octanol–water partition coefficient (Wildman–Crippen LogP) is 6.37. The molecule has 0 spiro atoms. The van der Waals surface area contributed by atoms with E-state index < -0.39 is 6.09 Å². The summed E-state index contributed by atoms with van der Waals surface area (Å²) in [6, 6.07) is 30.8. The molecule has 0 fully saturated rings. The molecular formula is C31H24ClN3O3. The molecule has 5 aromatic rings. The molecule has 38 heavy (non-hydrogen) atoms. The Kier molecular flexibility index (Phi) is 6.18. The lowest BCUT2D eigenvalue weighted by Gasteiger charge is -2.13. The molecule has 0 bridgehead atoms. The maximum Gasteiger partial charge on any atom is 0.436 e. The largest absolute Gasteiger partial charge is 0.447 e. The van der Waals surface area contributed by atoms with Crippen LogP contribution in [0.15, 0.2) is 102 Å². The fraction of sp³-hybridized carbons (Fsp3) is 0.129. The summed E-state index contributed by atoms with van der Waals surface area (Å²) < 4.78 is 9.26. The smallest absolute Gasteiger partial charge is 0.436 e. The van der Waals surface area contributed by atoms with E-state index in [0.717, 1.165) is 33.3 Å². The maximum atomic E-state index is 13.1. The van der Waals surface area contributed by atoms with E-state index in [1.54, 1.807) is 33.4 Å². The Morgan fingerprint density at radius 3 is 2.05 bits per heavy atom. The summed E-state index contributed by atoms with van der Waals surface area (Å²) in [6.45, 7) is 0.183. The zero-order valence-electron chi connectivity index (χ0n) is 20.7. The molecule has 4 aromatic carbocycles. The van der Waals surface area contributed by atoms with Crippen LogP contribution in [0.25, 0.3) is 22.2 Å². The lowest BCUT2D eigenvalue weighted by Crippen LogP contribution is -2.29. The van der Waals surface area contributed by atoms with E-state index in [-0.39, 0.29) is 24.9 Å². The Morgan fingerprint density at radius 1 is 0.816 bits per heavy atom. The summed E-state index contributed by atoms with van der Waals surface area (Å²) in [4.78, 5) is 30.5. The first-order chi connectivity index (χ1) is 18.5. The topological polar surface area (TPSA) is 65.6 Å². The van der Waals surface area contributed by atoms with Crippen molar-refractivity contribution in [2.24, 2.45) is 12.0 Å². The third-order valence-electron chi connectivity index (χ3n) is 7.07. The molecule has 0 aliphatic heterocycles. The molecule has 6 rings (SSSR count). The van der Waals surface area contributed by atoms with Crippen molar-refractivity contribution in [1.29, 1.82) is 0 Å². The number of Topliss-reactive ketones (excluding diaryl/α,β-unsaturated/α-hetero) is 1. The van der Waals surface area contributed by atoms with Gasteiger partial charge in [0, 0.05) is 23.6 Å². The van der Waals surface area contributed by atoms with Crippen molar-refractivity contribution in [3.8, 4) is 11.1 Å². The molecule has 0 radical (unpaired) electrons. The number of ketones is 1. The Balaban J connectivity index is 1.31. The predicted molar refractivity (Wildman–Crippen MR) is 147 cm³/mol. The van der Waals surface area contributed by atoms with Crippen molar-refractivity contribution in [3.63, 3.8) is 0 Å². The van der Waals surface area contributed by atoms with Crippen LogP contribution in [0.2, 0.25) is 5.02 Å². The first-order valence-electron chi connectivity index (χ1n) is 12.3. The number of para-hydroxylation sites is 2. The number of hydrogen-bond donors (Lipinski definition) is 0. The summed E-state index contributed by atoms with van der Waals surface area (Å²) in [5, 5.41) is 0.560. The van der Waals surface area contributed by atoms with Gasteiger partial charge in [0.1, 0.15) is 6.61 Å². The number of amides is 1. The van der Waals surface area contributed by atoms with Gasteiger partial charge in [-0.1, -0.05) is 72.3 Å². The van der Waals surface area contributed by atoms with Gasteiger partial charge in [0.15, 0.2) is 5.78 Å². The zero-order valence-corrected chi connectivity index (χ0v) is 21.4. The fourth-order valence-corrected chi connectivity index (χ4v) is 5.37. The molecule has 6 nitrogen and oxygen atoms in total. The third-order valence-corrected chi connectivity index (χ3v) is 7.32. The van der Waals surface area contributed by atoms with Crippen molar-refractivity contribution in [3.05, 3.63) is 124 Å². The summed E-state index contributed by atoms with van der Waals surface area (Å²) in [6.07, 6.45) is -0.703.